The summed E-state index contributed by atoms with van der Waals surface area (Å²) in [5.74, 6) is 0.481. The van der Waals surface area contributed by atoms with E-state index in [-0.39, 0.29) is 13.2 Å². The van der Waals surface area contributed by atoms with Crippen molar-refractivity contribution in [1.82, 2.24) is 14.8 Å². The van der Waals surface area contributed by atoms with E-state index >= 15 is 0 Å². The number of hydrogen-bond donors (Lipinski definition) is 2. The van der Waals surface area contributed by atoms with E-state index in [4.69, 9.17) is 10.2 Å². The van der Waals surface area contributed by atoms with Crippen LogP contribution in [0.1, 0.15) is 5.82 Å². The van der Waals surface area contributed by atoms with Gasteiger partial charge in [0.2, 0.25) is 0 Å². The summed E-state index contributed by atoms with van der Waals surface area (Å²) >= 11 is 0. The van der Waals surface area contributed by atoms with Crippen molar-refractivity contribution in [2.45, 2.75) is 13.2 Å². The van der Waals surface area contributed by atoms with Gasteiger partial charge in [-0.2, -0.15) is 5.10 Å². The molecule has 0 spiro atoms. The van der Waals surface area contributed by atoms with E-state index in [1.165, 1.54) is 11.0 Å². The lowest BCUT2D eigenvalue weighted by atomic mass is 10.6. The van der Waals surface area contributed by atoms with Gasteiger partial charge >= 0.3 is 0 Å². The summed E-state index contributed by atoms with van der Waals surface area (Å²) in [6, 6.07) is 0. The van der Waals surface area contributed by atoms with Crippen molar-refractivity contribution in [1.29, 1.82) is 0 Å². The average Bonchev–Trinajstić information content (AvgIpc) is 2.36. The van der Waals surface area contributed by atoms with E-state index in [0.29, 0.717) is 12.4 Å². The van der Waals surface area contributed by atoms with Crippen LogP contribution < -0.4 is 0 Å². The van der Waals surface area contributed by atoms with Gasteiger partial charge in [0.25, 0.3) is 0 Å². The van der Waals surface area contributed by atoms with Crippen LogP contribution in [0.15, 0.2) is 6.33 Å². The van der Waals surface area contributed by atoms with Crippen molar-refractivity contribution in [2.75, 3.05) is 6.61 Å². The molecule has 0 saturated heterocycles. The number of nitrogens with zero attached hydrogens (tertiary/aromatic N) is 3. The fourth-order valence-corrected chi connectivity index (χ4v) is 0.692. The van der Waals surface area contributed by atoms with Gasteiger partial charge in [-0.15, -0.1) is 0 Å². The van der Waals surface area contributed by atoms with Gasteiger partial charge in [-0.1, -0.05) is 0 Å². The molecule has 5 heteroatoms. The molecule has 1 rings (SSSR count). The second-order valence-corrected chi connectivity index (χ2v) is 1.78. The highest BCUT2D eigenvalue weighted by atomic mass is 16.3. The Bertz CT molecular complexity index is 199. The van der Waals surface area contributed by atoms with E-state index in [9.17, 15) is 0 Å². The fraction of sp³-hybridized carbons (Fsp3) is 0.600. The van der Waals surface area contributed by atoms with Crippen molar-refractivity contribution in [2.24, 2.45) is 0 Å². The van der Waals surface area contributed by atoms with Gasteiger partial charge in [-0.3, -0.25) is 0 Å². The van der Waals surface area contributed by atoms with Gasteiger partial charge < -0.3 is 10.2 Å². The summed E-state index contributed by atoms with van der Waals surface area (Å²) in [5, 5.41) is 20.9. The Balaban J connectivity index is 2.70. The molecular formula is C5H9N3O2. The molecule has 0 aliphatic heterocycles. The van der Waals surface area contributed by atoms with E-state index in [1.54, 1.807) is 0 Å². The molecule has 5 nitrogen and oxygen atoms in total. The molecule has 0 fully saturated rings. The van der Waals surface area contributed by atoms with E-state index in [0.717, 1.165) is 0 Å². The lowest BCUT2D eigenvalue weighted by molar-refractivity contribution is 0.240. The Hall–Kier alpha value is -0.940. The molecule has 0 aliphatic rings. The van der Waals surface area contributed by atoms with Crippen molar-refractivity contribution >= 4 is 0 Å². The Morgan fingerprint density at radius 1 is 1.50 bits per heavy atom. The molecule has 0 atom stereocenters. The lowest BCUT2D eigenvalue weighted by Crippen LogP contribution is -2.08. The highest BCUT2D eigenvalue weighted by molar-refractivity contribution is 4.80. The summed E-state index contributed by atoms with van der Waals surface area (Å²) in [6.45, 7) is 0.256. The summed E-state index contributed by atoms with van der Waals surface area (Å²) in [4.78, 5) is 3.74. The molecule has 0 amide bonds. The highest BCUT2D eigenvalue weighted by Crippen LogP contribution is 1.91. The minimum Gasteiger partial charge on any atom is -0.394 e. The SMILES string of the molecule is OCCn1ncnc1CO. The third-order valence-corrected chi connectivity index (χ3v) is 1.15. The molecule has 56 valence electrons. The smallest absolute Gasteiger partial charge is 0.152 e. The maximum absolute atomic E-state index is 8.63. The zero-order valence-corrected chi connectivity index (χ0v) is 5.43. The van der Waals surface area contributed by atoms with Crippen LogP contribution in [0, 0.1) is 0 Å². The largest absolute Gasteiger partial charge is 0.394 e. The molecule has 0 unspecified atom stereocenters. The van der Waals surface area contributed by atoms with E-state index in [1.807, 2.05) is 0 Å². The van der Waals surface area contributed by atoms with Crippen LogP contribution in [0.5, 0.6) is 0 Å². The second-order valence-electron chi connectivity index (χ2n) is 1.78. The van der Waals surface area contributed by atoms with Crippen LogP contribution in [0.3, 0.4) is 0 Å². The Morgan fingerprint density at radius 2 is 2.30 bits per heavy atom. The predicted molar refractivity (Wildman–Crippen MR) is 33.0 cm³/mol. The van der Waals surface area contributed by atoms with E-state index < -0.39 is 0 Å². The van der Waals surface area contributed by atoms with Crippen LogP contribution >= 0.6 is 0 Å². The van der Waals surface area contributed by atoms with Crippen LogP contribution in [0.4, 0.5) is 0 Å². The molecule has 1 aromatic heterocycles. The highest BCUT2D eigenvalue weighted by Gasteiger charge is 1.99. The average molecular weight is 143 g/mol. The minimum absolute atomic E-state index is 0.0103. The van der Waals surface area contributed by atoms with Crippen LogP contribution in [-0.2, 0) is 13.2 Å². The first-order valence-electron chi connectivity index (χ1n) is 2.97. The Labute approximate surface area is 57.9 Å². The molecule has 0 aromatic carbocycles. The molecule has 2 N–H and O–H groups in total. The van der Waals surface area contributed by atoms with Crippen molar-refractivity contribution < 1.29 is 10.2 Å². The van der Waals surface area contributed by atoms with Crippen molar-refractivity contribution in [3.8, 4) is 0 Å². The monoisotopic (exact) mass is 143 g/mol. The summed E-state index contributed by atoms with van der Waals surface area (Å²) in [6.07, 6.45) is 1.35. The molecule has 0 saturated carbocycles. The Morgan fingerprint density at radius 3 is 2.90 bits per heavy atom. The van der Waals surface area contributed by atoms with Crippen LogP contribution in [0.25, 0.3) is 0 Å². The molecule has 1 heterocycles. The molecule has 0 bridgehead atoms. The lowest BCUT2D eigenvalue weighted by Gasteiger charge is -1.98. The zero-order valence-electron chi connectivity index (χ0n) is 5.43. The first-order chi connectivity index (χ1) is 4.88. The van der Waals surface area contributed by atoms with Crippen molar-refractivity contribution in [3.63, 3.8) is 0 Å². The minimum atomic E-state index is -0.139. The van der Waals surface area contributed by atoms with Crippen LogP contribution in [-0.4, -0.2) is 31.6 Å². The third-order valence-electron chi connectivity index (χ3n) is 1.15. The van der Waals surface area contributed by atoms with Gasteiger partial charge in [0.1, 0.15) is 12.9 Å². The number of rotatable bonds is 3. The van der Waals surface area contributed by atoms with Gasteiger partial charge in [0, 0.05) is 0 Å². The maximum atomic E-state index is 8.63. The predicted octanol–water partition coefficient (Wildman–Crippen LogP) is -1.24. The molecule has 0 aliphatic carbocycles. The number of aliphatic hydroxyl groups is 2. The van der Waals surface area contributed by atoms with Gasteiger partial charge in [0.05, 0.1) is 13.2 Å². The summed E-state index contributed by atoms with van der Waals surface area (Å²) in [7, 11) is 0. The molecule has 10 heavy (non-hydrogen) atoms. The third kappa shape index (κ3) is 1.31. The van der Waals surface area contributed by atoms with Crippen molar-refractivity contribution in [3.05, 3.63) is 12.2 Å². The number of aliphatic hydroxyl groups excluding tert-OH is 2. The first kappa shape index (κ1) is 7.17. The molecule has 0 radical (unpaired) electrons. The quantitative estimate of drug-likeness (QED) is 0.555. The topological polar surface area (TPSA) is 71.2 Å². The van der Waals surface area contributed by atoms with E-state index in [2.05, 4.69) is 10.1 Å². The molecular weight excluding hydrogens is 134 g/mol. The standard InChI is InChI=1S/C5H9N3O2/c9-2-1-8-5(3-10)6-4-7-8/h4,9-10H,1-3H2. The summed E-state index contributed by atoms with van der Waals surface area (Å²) in [5.41, 5.74) is 0. The number of aromatic nitrogens is 3. The molecule has 1 aromatic rings. The van der Waals surface area contributed by atoms with Gasteiger partial charge in [-0.05, 0) is 0 Å². The summed E-state index contributed by atoms with van der Waals surface area (Å²) < 4.78 is 1.46. The Kier molecular flexibility index (Phi) is 2.35. The fourth-order valence-electron chi connectivity index (χ4n) is 0.692. The number of hydrogen-bond acceptors (Lipinski definition) is 4. The first-order valence-corrected chi connectivity index (χ1v) is 2.97. The zero-order chi connectivity index (χ0) is 7.40. The maximum Gasteiger partial charge on any atom is 0.152 e. The van der Waals surface area contributed by atoms with Gasteiger partial charge in [-0.25, -0.2) is 9.67 Å². The normalized spacial score (nSPS) is 10.2. The van der Waals surface area contributed by atoms with Gasteiger partial charge in [0.15, 0.2) is 5.82 Å². The van der Waals surface area contributed by atoms with Crippen LogP contribution in [0.2, 0.25) is 0 Å². The second kappa shape index (κ2) is 3.28.